The zero-order chi connectivity index (χ0) is 16.3. The monoisotopic (exact) mass is 328 g/mol. The molecular formula is C15H21FN2O3S. The van der Waals surface area contributed by atoms with Gasteiger partial charge in [0.15, 0.2) is 0 Å². The molecule has 5 nitrogen and oxygen atoms in total. The molecule has 1 aliphatic heterocycles. The van der Waals surface area contributed by atoms with Crippen molar-refractivity contribution < 1.29 is 17.6 Å². The van der Waals surface area contributed by atoms with Crippen LogP contribution in [0.1, 0.15) is 24.8 Å². The van der Waals surface area contributed by atoms with Crippen molar-refractivity contribution in [3.05, 3.63) is 35.6 Å². The zero-order valence-corrected chi connectivity index (χ0v) is 13.6. The molecule has 7 heteroatoms. The molecule has 0 N–H and O–H groups in total. The van der Waals surface area contributed by atoms with Gasteiger partial charge in [-0.3, -0.25) is 4.79 Å². The van der Waals surface area contributed by atoms with E-state index >= 15 is 0 Å². The molecule has 1 fully saturated rings. The minimum Gasteiger partial charge on any atom is -0.340 e. The summed E-state index contributed by atoms with van der Waals surface area (Å²) in [7, 11) is -1.76. The number of benzene rings is 1. The van der Waals surface area contributed by atoms with E-state index in [0.29, 0.717) is 19.5 Å². The number of amides is 1. The summed E-state index contributed by atoms with van der Waals surface area (Å²) in [5, 5.41) is 0. The average molecular weight is 328 g/mol. The normalized spacial score (nSPS) is 19.9. The first-order valence-corrected chi connectivity index (χ1v) is 9.10. The highest BCUT2D eigenvalue weighted by Gasteiger charge is 2.35. The molecule has 0 radical (unpaired) electrons. The fraction of sp³-hybridized carbons (Fsp3) is 0.533. The van der Waals surface area contributed by atoms with Gasteiger partial charge in [-0.2, -0.15) is 4.31 Å². The molecule has 1 amide bonds. The maximum Gasteiger partial charge on any atom is 0.241 e. The third-order valence-corrected chi connectivity index (χ3v) is 5.16. The fourth-order valence-corrected chi connectivity index (χ4v) is 3.86. The number of rotatable bonds is 4. The Hall–Kier alpha value is -1.47. The Balaban J connectivity index is 2.09. The Morgan fingerprint density at radius 2 is 1.95 bits per heavy atom. The smallest absolute Gasteiger partial charge is 0.241 e. The first kappa shape index (κ1) is 16.9. The van der Waals surface area contributed by atoms with Gasteiger partial charge in [0.25, 0.3) is 0 Å². The number of likely N-dealkylation sites (N-methyl/N-ethyl adjacent to an activating group) is 1. The molecule has 22 heavy (non-hydrogen) atoms. The average Bonchev–Trinajstić information content (AvgIpc) is 2.48. The van der Waals surface area contributed by atoms with Gasteiger partial charge >= 0.3 is 0 Å². The van der Waals surface area contributed by atoms with Crippen LogP contribution in [0.15, 0.2) is 24.3 Å². The zero-order valence-electron chi connectivity index (χ0n) is 12.8. The second-order valence-electron chi connectivity index (χ2n) is 5.71. The summed E-state index contributed by atoms with van der Waals surface area (Å²) in [6.07, 6.45) is 3.30. The molecule has 1 unspecified atom stereocenters. The fourth-order valence-electron chi connectivity index (χ4n) is 2.74. The first-order chi connectivity index (χ1) is 10.3. The van der Waals surface area contributed by atoms with Gasteiger partial charge in [0.1, 0.15) is 11.9 Å². The molecule has 0 bridgehead atoms. The van der Waals surface area contributed by atoms with Crippen molar-refractivity contribution in [2.24, 2.45) is 0 Å². The minimum atomic E-state index is -3.40. The lowest BCUT2D eigenvalue weighted by Crippen LogP contribution is -2.51. The molecule has 1 aromatic rings. The predicted molar refractivity (Wildman–Crippen MR) is 82.1 cm³/mol. The lowest BCUT2D eigenvalue weighted by atomic mass is 10.0. The third-order valence-electron chi connectivity index (χ3n) is 3.87. The molecule has 0 spiro atoms. The topological polar surface area (TPSA) is 57.7 Å². The number of nitrogens with zero attached hydrogens (tertiary/aromatic N) is 2. The molecular weight excluding hydrogens is 307 g/mol. The number of carbonyl (C=O) groups excluding carboxylic acids is 1. The second kappa shape index (κ2) is 6.75. The molecule has 1 atom stereocenters. The summed E-state index contributed by atoms with van der Waals surface area (Å²) in [6.45, 7) is 0.715. The molecule has 0 saturated carbocycles. The predicted octanol–water partition coefficient (Wildman–Crippen LogP) is 1.60. The van der Waals surface area contributed by atoms with E-state index in [1.165, 1.54) is 21.3 Å². The van der Waals surface area contributed by atoms with Crippen LogP contribution < -0.4 is 0 Å². The number of sulfonamides is 1. The number of hydrogen-bond acceptors (Lipinski definition) is 3. The van der Waals surface area contributed by atoms with Gasteiger partial charge in [-0.25, -0.2) is 12.8 Å². The van der Waals surface area contributed by atoms with Crippen LogP contribution in [0.2, 0.25) is 0 Å². The quantitative estimate of drug-likeness (QED) is 0.843. The van der Waals surface area contributed by atoms with Crippen molar-refractivity contribution in [1.82, 2.24) is 9.21 Å². The van der Waals surface area contributed by atoms with E-state index in [0.717, 1.165) is 24.7 Å². The third kappa shape index (κ3) is 4.04. The van der Waals surface area contributed by atoms with E-state index in [1.807, 2.05) is 0 Å². The van der Waals surface area contributed by atoms with E-state index in [9.17, 15) is 17.6 Å². The van der Waals surface area contributed by atoms with Crippen molar-refractivity contribution in [3.8, 4) is 0 Å². The maximum absolute atomic E-state index is 12.9. The Labute approximate surface area is 130 Å². The van der Waals surface area contributed by atoms with Crippen molar-refractivity contribution in [1.29, 1.82) is 0 Å². The molecule has 1 heterocycles. The Morgan fingerprint density at radius 1 is 1.32 bits per heavy atom. The molecule has 0 aliphatic carbocycles. The van der Waals surface area contributed by atoms with Crippen LogP contribution in [0.3, 0.4) is 0 Å². The van der Waals surface area contributed by atoms with Gasteiger partial charge in [-0.05, 0) is 30.5 Å². The SMILES string of the molecule is CN(Cc1ccc(F)cc1)C(=O)C1CCCCN1S(C)(=O)=O. The number of hydrogen-bond donors (Lipinski definition) is 0. The van der Waals surface area contributed by atoms with Crippen LogP contribution in [-0.4, -0.2) is 49.4 Å². The van der Waals surface area contributed by atoms with Gasteiger partial charge in [0.05, 0.1) is 6.26 Å². The summed E-state index contributed by atoms with van der Waals surface area (Å²) >= 11 is 0. The van der Waals surface area contributed by atoms with Crippen LogP contribution in [0.4, 0.5) is 4.39 Å². The van der Waals surface area contributed by atoms with Crippen molar-refractivity contribution in [2.45, 2.75) is 31.8 Å². The first-order valence-electron chi connectivity index (χ1n) is 7.25. The van der Waals surface area contributed by atoms with E-state index in [4.69, 9.17) is 0 Å². The summed E-state index contributed by atoms with van der Waals surface area (Å²) in [5.74, 6) is -0.539. The summed E-state index contributed by atoms with van der Waals surface area (Å²) < 4.78 is 37.9. The molecule has 122 valence electrons. The summed E-state index contributed by atoms with van der Waals surface area (Å²) in [6, 6.07) is 5.30. The van der Waals surface area contributed by atoms with Crippen molar-refractivity contribution in [3.63, 3.8) is 0 Å². The largest absolute Gasteiger partial charge is 0.340 e. The summed E-state index contributed by atoms with van der Waals surface area (Å²) in [4.78, 5) is 14.1. The van der Waals surface area contributed by atoms with E-state index in [-0.39, 0.29) is 11.7 Å². The van der Waals surface area contributed by atoms with Crippen LogP contribution in [0, 0.1) is 5.82 Å². The number of halogens is 1. The lowest BCUT2D eigenvalue weighted by Gasteiger charge is -2.35. The molecule has 1 aromatic carbocycles. The molecule has 2 rings (SSSR count). The van der Waals surface area contributed by atoms with Gasteiger partial charge < -0.3 is 4.90 Å². The summed E-state index contributed by atoms with van der Waals surface area (Å²) in [5.41, 5.74) is 0.805. The van der Waals surface area contributed by atoms with Crippen molar-refractivity contribution >= 4 is 15.9 Å². The molecule has 1 aliphatic rings. The Morgan fingerprint density at radius 3 is 2.55 bits per heavy atom. The highest BCUT2D eigenvalue weighted by Crippen LogP contribution is 2.22. The van der Waals surface area contributed by atoms with Gasteiger partial charge in [0.2, 0.25) is 15.9 Å². The minimum absolute atomic E-state index is 0.213. The van der Waals surface area contributed by atoms with E-state index in [2.05, 4.69) is 0 Å². The van der Waals surface area contributed by atoms with Gasteiger partial charge in [0, 0.05) is 20.1 Å². The van der Waals surface area contributed by atoms with Gasteiger partial charge in [-0.15, -0.1) is 0 Å². The maximum atomic E-state index is 12.9. The van der Waals surface area contributed by atoms with Crippen LogP contribution in [0.5, 0.6) is 0 Å². The molecule has 0 aromatic heterocycles. The molecule has 1 saturated heterocycles. The van der Waals surface area contributed by atoms with E-state index < -0.39 is 16.1 Å². The second-order valence-corrected chi connectivity index (χ2v) is 7.64. The van der Waals surface area contributed by atoms with Crippen LogP contribution in [0.25, 0.3) is 0 Å². The Kier molecular flexibility index (Phi) is 5.18. The van der Waals surface area contributed by atoms with Crippen molar-refractivity contribution in [2.75, 3.05) is 19.8 Å². The van der Waals surface area contributed by atoms with Gasteiger partial charge in [-0.1, -0.05) is 18.6 Å². The van der Waals surface area contributed by atoms with Crippen LogP contribution in [-0.2, 0) is 21.4 Å². The van der Waals surface area contributed by atoms with E-state index in [1.54, 1.807) is 19.2 Å². The van der Waals surface area contributed by atoms with Crippen LogP contribution >= 0.6 is 0 Å². The number of carbonyl (C=O) groups is 1. The standard InChI is InChI=1S/C15H21FN2O3S/c1-17(11-12-6-8-13(16)9-7-12)15(19)14-5-3-4-10-18(14)22(2,20)21/h6-9,14H,3-5,10-11H2,1-2H3. The Bertz CT molecular complexity index is 631. The lowest BCUT2D eigenvalue weighted by molar-refractivity contribution is -0.135. The highest BCUT2D eigenvalue weighted by molar-refractivity contribution is 7.88. The highest BCUT2D eigenvalue weighted by atomic mass is 32.2. The number of piperidine rings is 1.